The number of rotatable bonds is 6. The molecule has 0 nitrogen and oxygen atoms in total. The van der Waals surface area contributed by atoms with Crippen molar-refractivity contribution in [3.8, 4) is 0 Å². The van der Waals surface area contributed by atoms with Crippen LogP contribution in [0.3, 0.4) is 0 Å². The molecule has 4 aromatic rings. The summed E-state index contributed by atoms with van der Waals surface area (Å²) in [6.07, 6.45) is 0. The zero-order valence-electron chi connectivity index (χ0n) is 19.5. The van der Waals surface area contributed by atoms with Crippen molar-refractivity contribution in [2.45, 2.75) is 24.4 Å². The Labute approximate surface area is 200 Å². The average molecular weight is 487 g/mol. The molecule has 162 valence electrons. The van der Waals surface area contributed by atoms with Crippen LogP contribution in [-0.2, 0) is 0 Å². The third-order valence-corrected chi connectivity index (χ3v) is 18.5. The molecule has 0 N–H and O–H groups in total. The van der Waals surface area contributed by atoms with Crippen molar-refractivity contribution in [2.75, 3.05) is 0 Å². The first-order chi connectivity index (χ1) is 16.3. The van der Waals surface area contributed by atoms with E-state index in [-0.39, 0.29) is 0 Å². The quantitative estimate of drug-likeness (QED) is 0.239. The molecule has 0 aliphatic carbocycles. The Morgan fingerprint density at radius 3 is 0.939 bits per heavy atom. The molecule has 0 saturated carbocycles. The molecule has 0 bridgehead atoms. The summed E-state index contributed by atoms with van der Waals surface area (Å²) >= 11 is -2.75. The van der Waals surface area contributed by atoms with Gasteiger partial charge in [0.15, 0.2) is 0 Å². The Balaban J connectivity index is 1.97. The van der Waals surface area contributed by atoms with E-state index in [1.54, 1.807) is 8.81 Å². The van der Waals surface area contributed by atoms with Gasteiger partial charge in [-0.1, -0.05) is 0 Å². The van der Waals surface area contributed by atoms with E-state index in [0.717, 1.165) is 0 Å². The number of benzene rings is 4. The fourth-order valence-electron chi connectivity index (χ4n) is 5.65. The summed E-state index contributed by atoms with van der Waals surface area (Å²) in [4.78, 5) is 0. The van der Waals surface area contributed by atoms with Gasteiger partial charge in [0.1, 0.15) is 0 Å². The minimum absolute atomic E-state index is 1.23. The van der Waals surface area contributed by atoms with Crippen LogP contribution >= 0.6 is 0 Å². The predicted octanol–water partition coefficient (Wildman–Crippen LogP) is 8.79. The van der Waals surface area contributed by atoms with Crippen LogP contribution in [0.5, 0.6) is 0 Å². The van der Waals surface area contributed by atoms with E-state index in [0.29, 0.717) is 0 Å². The van der Waals surface area contributed by atoms with Gasteiger partial charge in [0.25, 0.3) is 0 Å². The zero-order valence-corrected chi connectivity index (χ0v) is 21.6. The van der Waals surface area contributed by atoms with Gasteiger partial charge < -0.3 is 0 Å². The van der Waals surface area contributed by atoms with Gasteiger partial charge in [-0.05, 0) is 0 Å². The molecule has 1 heteroatoms. The number of hydrogen-bond donors (Lipinski definition) is 0. The van der Waals surface area contributed by atoms with Gasteiger partial charge in [-0.3, -0.25) is 0 Å². The second-order valence-corrected chi connectivity index (χ2v) is 18.4. The molecular weight excluding hydrogens is 457 g/mol. The molecule has 33 heavy (non-hydrogen) atoms. The standard InChI is InChI=1S/C32H30Ge/c1-3-33(4-2)31(27-21-13-7-14-22-27)29(25-17-9-5-10-18-25)30(26-19-11-6-12-20-26)32(33)28-23-15-8-16-24-28/h5-24H,3-4H2,1-2H3. The van der Waals surface area contributed by atoms with Crippen LogP contribution in [0.2, 0.25) is 10.5 Å². The van der Waals surface area contributed by atoms with Crippen LogP contribution in [0, 0.1) is 0 Å². The molecule has 0 saturated heterocycles. The summed E-state index contributed by atoms with van der Waals surface area (Å²) < 4.78 is 3.29. The Morgan fingerprint density at radius 1 is 0.394 bits per heavy atom. The summed E-state index contributed by atoms with van der Waals surface area (Å²) in [5, 5.41) is 2.47. The van der Waals surface area contributed by atoms with E-state index < -0.39 is 13.3 Å². The van der Waals surface area contributed by atoms with Crippen molar-refractivity contribution in [1.29, 1.82) is 0 Å². The van der Waals surface area contributed by atoms with Crippen LogP contribution in [0.1, 0.15) is 36.1 Å². The van der Waals surface area contributed by atoms with Crippen LogP contribution in [0.15, 0.2) is 121 Å². The van der Waals surface area contributed by atoms with Crippen LogP contribution < -0.4 is 0 Å². The predicted molar refractivity (Wildman–Crippen MR) is 146 cm³/mol. The van der Waals surface area contributed by atoms with E-state index in [9.17, 15) is 0 Å². The normalized spacial score (nSPS) is 15.2. The fourth-order valence-corrected chi connectivity index (χ4v) is 16.3. The van der Waals surface area contributed by atoms with Gasteiger partial charge in [-0.15, -0.1) is 0 Å². The molecule has 1 aliphatic heterocycles. The first kappa shape index (κ1) is 21.7. The molecule has 0 amide bonds. The summed E-state index contributed by atoms with van der Waals surface area (Å²) in [6.45, 7) is 4.87. The molecule has 1 aliphatic rings. The summed E-state index contributed by atoms with van der Waals surface area (Å²) in [5.41, 5.74) is 8.38. The number of allylic oxidation sites excluding steroid dienone is 2. The monoisotopic (exact) mass is 488 g/mol. The van der Waals surface area contributed by atoms with Gasteiger partial charge in [0, 0.05) is 0 Å². The van der Waals surface area contributed by atoms with Crippen LogP contribution in [0.4, 0.5) is 0 Å². The summed E-state index contributed by atoms with van der Waals surface area (Å²) in [7, 11) is 0. The van der Waals surface area contributed by atoms with Gasteiger partial charge in [0.2, 0.25) is 0 Å². The minimum atomic E-state index is -2.75. The van der Waals surface area contributed by atoms with Crippen molar-refractivity contribution >= 4 is 33.2 Å². The molecule has 0 radical (unpaired) electrons. The Hall–Kier alpha value is -3.10. The Kier molecular flexibility index (Phi) is 6.20. The molecule has 0 aromatic heterocycles. The molecular formula is C32H30Ge. The molecule has 0 unspecified atom stereocenters. The van der Waals surface area contributed by atoms with E-state index in [4.69, 9.17) is 0 Å². The third kappa shape index (κ3) is 3.73. The van der Waals surface area contributed by atoms with E-state index in [1.165, 1.54) is 43.9 Å². The molecule has 4 aromatic carbocycles. The summed E-state index contributed by atoms with van der Waals surface area (Å²) in [6, 6.07) is 44.6. The van der Waals surface area contributed by atoms with Gasteiger partial charge in [0.05, 0.1) is 0 Å². The maximum atomic E-state index is 2.44. The van der Waals surface area contributed by atoms with Crippen molar-refractivity contribution in [3.63, 3.8) is 0 Å². The van der Waals surface area contributed by atoms with Crippen molar-refractivity contribution < 1.29 is 0 Å². The van der Waals surface area contributed by atoms with E-state index in [2.05, 4.69) is 135 Å². The van der Waals surface area contributed by atoms with E-state index in [1.807, 2.05) is 0 Å². The second kappa shape index (κ2) is 9.41. The average Bonchev–Trinajstić information content (AvgIpc) is 3.22. The van der Waals surface area contributed by atoms with Crippen LogP contribution in [0.25, 0.3) is 20.0 Å². The van der Waals surface area contributed by atoms with Crippen molar-refractivity contribution in [1.82, 2.24) is 0 Å². The maximum absolute atomic E-state index is 2.75. The molecule has 0 atom stereocenters. The van der Waals surface area contributed by atoms with Crippen molar-refractivity contribution in [2.24, 2.45) is 0 Å². The first-order valence-electron chi connectivity index (χ1n) is 12.0. The topological polar surface area (TPSA) is 0 Å². The van der Waals surface area contributed by atoms with E-state index >= 15 is 0 Å². The summed E-state index contributed by atoms with van der Waals surface area (Å²) in [5.74, 6) is 0. The Bertz CT molecular complexity index is 1180. The molecule has 5 rings (SSSR count). The van der Waals surface area contributed by atoms with Crippen molar-refractivity contribution in [3.05, 3.63) is 144 Å². The SMILES string of the molecule is C[CH2][Ge]1([CH2]C)[C](c2ccccc2)=C(c2ccccc2)C(c2ccccc2)=[C]1c1ccccc1. The van der Waals surface area contributed by atoms with Gasteiger partial charge in [-0.25, -0.2) is 0 Å². The zero-order chi connectivity index (χ0) is 22.7. The number of hydrogen-bond acceptors (Lipinski definition) is 0. The fraction of sp³-hybridized carbons (Fsp3) is 0.125. The molecule has 0 fully saturated rings. The van der Waals surface area contributed by atoms with Gasteiger partial charge in [-0.2, -0.15) is 0 Å². The van der Waals surface area contributed by atoms with Gasteiger partial charge >= 0.3 is 201 Å². The second-order valence-electron chi connectivity index (χ2n) is 8.75. The molecule has 1 heterocycles. The molecule has 0 spiro atoms. The van der Waals surface area contributed by atoms with Crippen LogP contribution in [-0.4, -0.2) is 13.3 Å². The Morgan fingerprint density at radius 2 is 0.667 bits per heavy atom. The third-order valence-electron chi connectivity index (χ3n) is 7.16. The first-order valence-corrected chi connectivity index (χ1v) is 17.1.